The number of halogens is 1. The van der Waals surface area contributed by atoms with Crippen LogP contribution < -0.4 is 4.74 Å². The van der Waals surface area contributed by atoms with E-state index in [1.165, 1.54) is 0 Å². The topological polar surface area (TPSA) is 45.3 Å². The minimum Gasteiger partial charge on any atom is -0.489 e. The molecule has 22 heavy (non-hydrogen) atoms. The van der Waals surface area contributed by atoms with Crippen LogP contribution in [0.2, 0.25) is 5.02 Å². The third-order valence-electron chi connectivity index (χ3n) is 4.04. The zero-order valence-corrected chi connectivity index (χ0v) is 13.3. The molecule has 1 fully saturated rings. The molecule has 2 aromatic rings. The number of carbonyl (C=O) groups excluding carboxylic acids is 1. The first-order valence-corrected chi connectivity index (χ1v) is 7.87. The lowest BCUT2D eigenvalue weighted by Crippen LogP contribution is -2.41. The van der Waals surface area contributed by atoms with Crippen LogP contribution in [0.3, 0.4) is 0 Å². The third-order valence-corrected chi connectivity index (χ3v) is 4.36. The molecule has 1 saturated heterocycles. The molecule has 1 aliphatic heterocycles. The van der Waals surface area contributed by atoms with E-state index in [0.29, 0.717) is 18.1 Å². The molecule has 1 amide bonds. The van der Waals surface area contributed by atoms with E-state index in [9.17, 15) is 4.79 Å². The van der Waals surface area contributed by atoms with Gasteiger partial charge in [0.1, 0.15) is 11.9 Å². The number of aromatic nitrogens is 1. The molecule has 116 valence electrons. The molecule has 4 nitrogen and oxygen atoms in total. The smallest absolute Gasteiger partial charge is 0.255 e. The summed E-state index contributed by atoms with van der Waals surface area (Å²) in [6.07, 6.45) is 3.55. The Bertz CT molecular complexity index is 660. The van der Waals surface area contributed by atoms with Gasteiger partial charge in [-0.2, -0.15) is 0 Å². The van der Waals surface area contributed by atoms with Crippen LogP contribution >= 0.6 is 11.6 Å². The number of piperidine rings is 1. The Labute approximate surface area is 135 Å². The zero-order valence-electron chi connectivity index (χ0n) is 12.5. The molecule has 0 unspecified atom stereocenters. The second-order valence-electron chi connectivity index (χ2n) is 5.56. The Hall–Kier alpha value is -1.94. The summed E-state index contributed by atoms with van der Waals surface area (Å²) in [4.78, 5) is 17.4. The van der Waals surface area contributed by atoms with Crippen molar-refractivity contribution in [3.63, 3.8) is 0 Å². The van der Waals surface area contributed by atoms with Gasteiger partial charge in [0.25, 0.3) is 5.91 Å². The molecule has 0 radical (unpaired) electrons. The predicted octanol–water partition coefficient (Wildman–Crippen LogP) is 3.66. The Morgan fingerprint density at radius 3 is 2.64 bits per heavy atom. The van der Waals surface area contributed by atoms with Crippen molar-refractivity contribution < 1.29 is 9.53 Å². The lowest BCUT2D eigenvalue weighted by Gasteiger charge is -2.32. The van der Waals surface area contributed by atoms with Gasteiger partial charge in [0.15, 0.2) is 0 Å². The number of para-hydroxylation sites is 1. The fourth-order valence-electron chi connectivity index (χ4n) is 2.75. The molecule has 0 aliphatic carbocycles. The van der Waals surface area contributed by atoms with Gasteiger partial charge in [0.05, 0.1) is 10.6 Å². The fraction of sp³-hybridized carbons (Fsp3) is 0.353. The highest BCUT2D eigenvalue weighted by molar-refractivity contribution is 6.32. The van der Waals surface area contributed by atoms with Gasteiger partial charge < -0.3 is 14.6 Å². The maximum atomic E-state index is 12.4. The lowest BCUT2D eigenvalue weighted by atomic mass is 10.1. The van der Waals surface area contributed by atoms with E-state index in [-0.39, 0.29) is 12.0 Å². The quantitative estimate of drug-likeness (QED) is 0.938. The van der Waals surface area contributed by atoms with Gasteiger partial charge >= 0.3 is 0 Å². The zero-order chi connectivity index (χ0) is 15.5. The highest BCUT2D eigenvalue weighted by Gasteiger charge is 2.26. The number of amides is 1. The first kappa shape index (κ1) is 15.0. The van der Waals surface area contributed by atoms with Crippen LogP contribution in [-0.4, -0.2) is 35.0 Å². The number of hydrogen-bond acceptors (Lipinski definition) is 2. The predicted molar refractivity (Wildman–Crippen MR) is 86.5 cm³/mol. The van der Waals surface area contributed by atoms with Crippen LogP contribution in [-0.2, 0) is 0 Å². The largest absolute Gasteiger partial charge is 0.489 e. The number of nitrogens with one attached hydrogen (secondary N) is 1. The first-order valence-electron chi connectivity index (χ1n) is 7.49. The lowest BCUT2D eigenvalue weighted by molar-refractivity contribution is 0.0595. The van der Waals surface area contributed by atoms with Crippen LogP contribution in [0.1, 0.15) is 28.9 Å². The third kappa shape index (κ3) is 3.12. The summed E-state index contributed by atoms with van der Waals surface area (Å²) in [5, 5.41) is 0.629. The van der Waals surface area contributed by atoms with Crippen molar-refractivity contribution in [1.82, 2.24) is 9.88 Å². The molecule has 1 aliphatic rings. The highest BCUT2D eigenvalue weighted by Crippen LogP contribution is 2.27. The molecule has 5 heteroatoms. The van der Waals surface area contributed by atoms with Gasteiger partial charge in [-0.05, 0) is 25.1 Å². The highest BCUT2D eigenvalue weighted by atomic mass is 35.5. The average Bonchev–Trinajstić information content (AvgIpc) is 2.96. The van der Waals surface area contributed by atoms with Gasteiger partial charge in [0.2, 0.25) is 0 Å². The van der Waals surface area contributed by atoms with E-state index in [4.69, 9.17) is 16.3 Å². The standard InChI is InChI=1S/C17H19ClN2O2/c1-12-14(6-9-19-12)17(21)20-10-7-13(8-11-20)22-16-5-3-2-4-15(16)18/h2-6,9,13,19H,7-8,10-11H2,1H3. The molecule has 1 N–H and O–H groups in total. The number of rotatable bonds is 3. The molecular weight excluding hydrogens is 300 g/mol. The number of H-pyrrole nitrogens is 1. The van der Waals surface area contributed by atoms with Gasteiger partial charge in [0, 0.05) is 37.8 Å². The molecular formula is C17H19ClN2O2. The number of aryl methyl sites for hydroxylation is 1. The van der Waals surface area contributed by atoms with Gasteiger partial charge in [-0.15, -0.1) is 0 Å². The summed E-state index contributed by atoms with van der Waals surface area (Å²) in [6, 6.07) is 9.33. The van der Waals surface area contributed by atoms with E-state index in [0.717, 1.165) is 29.8 Å². The van der Waals surface area contributed by atoms with E-state index in [2.05, 4.69) is 4.98 Å². The maximum Gasteiger partial charge on any atom is 0.255 e. The van der Waals surface area contributed by atoms with Crippen molar-refractivity contribution >= 4 is 17.5 Å². The van der Waals surface area contributed by atoms with Crippen molar-refractivity contribution in [2.24, 2.45) is 0 Å². The number of hydrogen-bond donors (Lipinski definition) is 1. The second kappa shape index (κ2) is 6.44. The Morgan fingerprint density at radius 1 is 1.27 bits per heavy atom. The van der Waals surface area contributed by atoms with Crippen molar-refractivity contribution in [2.75, 3.05) is 13.1 Å². The van der Waals surface area contributed by atoms with Crippen LogP contribution in [0.25, 0.3) is 0 Å². The molecule has 1 aromatic heterocycles. The van der Waals surface area contributed by atoms with Crippen molar-refractivity contribution in [2.45, 2.75) is 25.9 Å². The van der Waals surface area contributed by atoms with Gasteiger partial charge in [-0.25, -0.2) is 0 Å². The number of likely N-dealkylation sites (tertiary alicyclic amines) is 1. The number of carbonyl (C=O) groups is 1. The molecule has 3 rings (SSSR count). The summed E-state index contributed by atoms with van der Waals surface area (Å²) in [5.41, 5.74) is 1.67. The van der Waals surface area contributed by atoms with E-state index >= 15 is 0 Å². The Morgan fingerprint density at radius 2 is 2.00 bits per heavy atom. The Balaban J connectivity index is 1.58. The van der Waals surface area contributed by atoms with Crippen LogP contribution in [0, 0.1) is 6.92 Å². The molecule has 0 atom stereocenters. The van der Waals surface area contributed by atoms with E-state index in [1.807, 2.05) is 42.2 Å². The molecule has 0 saturated carbocycles. The van der Waals surface area contributed by atoms with Crippen molar-refractivity contribution in [3.05, 3.63) is 52.8 Å². The summed E-state index contributed by atoms with van der Waals surface area (Å²) < 4.78 is 5.95. The van der Waals surface area contributed by atoms with Gasteiger partial charge in [-0.1, -0.05) is 23.7 Å². The van der Waals surface area contributed by atoms with Crippen molar-refractivity contribution in [3.8, 4) is 5.75 Å². The van der Waals surface area contributed by atoms with Crippen LogP contribution in [0.5, 0.6) is 5.75 Å². The molecule has 1 aromatic carbocycles. The molecule has 0 spiro atoms. The van der Waals surface area contributed by atoms with E-state index < -0.39 is 0 Å². The number of aromatic amines is 1. The first-order chi connectivity index (χ1) is 10.6. The van der Waals surface area contributed by atoms with Crippen LogP contribution in [0.15, 0.2) is 36.5 Å². The fourth-order valence-corrected chi connectivity index (χ4v) is 2.93. The van der Waals surface area contributed by atoms with Gasteiger partial charge in [-0.3, -0.25) is 4.79 Å². The Kier molecular flexibility index (Phi) is 4.39. The summed E-state index contributed by atoms with van der Waals surface area (Å²) in [7, 11) is 0. The summed E-state index contributed by atoms with van der Waals surface area (Å²) in [5.74, 6) is 0.811. The molecule has 0 bridgehead atoms. The maximum absolute atomic E-state index is 12.4. The SMILES string of the molecule is Cc1[nH]ccc1C(=O)N1CCC(Oc2ccccc2Cl)CC1. The monoisotopic (exact) mass is 318 g/mol. The second-order valence-corrected chi connectivity index (χ2v) is 5.96. The number of nitrogens with zero attached hydrogens (tertiary/aromatic N) is 1. The van der Waals surface area contributed by atoms with Crippen molar-refractivity contribution in [1.29, 1.82) is 0 Å². The number of ether oxygens (including phenoxy) is 1. The summed E-state index contributed by atoms with van der Waals surface area (Å²) >= 11 is 6.11. The molecule has 2 heterocycles. The summed E-state index contributed by atoms with van der Waals surface area (Å²) in [6.45, 7) is 3.33. The van der Waals surface area contributed by atoms with E-state index in [1.54, 1.807) is 6.20 Å². The minimum atomic E-state index is 0.0925. The normalized spacial score (nSPS) is 15.8. The van der Waals surface area contributed by atoms with Crippen LogP contribution in [0.4, 0.5) is 0 Å². The average molecular weight is 319 g/mol. The minimum absolute atomic E-state index is 0.0925. The number of benzene rings is 1.